The van der Waals surface area contributed by atoms with Crippen molar-refractivity contribution in [1.82, 2.24) is 9.97 Å². The van der Waals surface area contributed by atoms with Crippen molar-refractivity contribution >= 4 is 27.4 Å². The first kappa shape index (κ1) is 14.2. The molecule has 0 radical (unpaired) electrons. The summed E-state index contributed by atoms with van der Waals surface area (Å²) in [6.07, 6.45) is 2.92. The number of nitro benzene ring substituents is 1. The van der Waals surface area contributed by atoms with Crippen LogP contribution in [0, 0.1) is 17.0 Å². The number of nitrogens with one attached hydrogen (secondary N) is 1. The largest absolute Gasteiger partial charge is 0.430 e. The fraction of sp³-hybridized carbons (Fsp3) is 0.167. The Morgan fingerprint density at radius 1 is 1.40 bits per heavy atom. The van der Waals surface area contributed by atoms with Gasteiger partial charge in [0.2, 0.25) is 11.6 Å². The van der Waals surface area contributed by atoms with Gasteiger partial charge in [0.05, 0.1) is 17.3 Å². The Kier molecular flexibility index (Phi) is 4.14. The smallest absolute Gasteiger partial charge is 0.313 e. The molecule has 0 saturated heterocycles. The lowest BCUT2D eigenvalue weighted by Crippen LogP contribution is -1.99. The molecular weight excluding hydrogens is 328 g/mol. The van der Waals surface area contributed by atoms with Crippen LogP contribution in [0.4, 0.5) is 11.5 Å². The van der Waals surface area contributed by atoms with Crippen molar-refractivity contribution in [2.24, 2.45) is 0 Å². The molecule has 1 N–H and O–H groups in total. The first-order valence-corrected chi connectivity index (χ1v) is 6.42. The van der Waals surface area contributed by atoms with E-state index in [9.17, 15) is 10.1 Å². The molecule has 2 aromatic rings. The molecule has 0 saturated carbocycles. The summed E-state index contributed by atoms with van der Waals surface area (Å²) in [7, 11) is 1.70. The minimum atomic E-state index is -0.498. The standard InChI is InChI=1S/C12H11BrN4O3/c1-7-3-8(13)4-9(17(18)19)12(7)20-11-6-15-5-10(14-2)16-11/h3-6H,1-2H3,(H,14,16). The van der Waals surface area contributed by atoms with Gasteiger partial charge in [-0.05, 0) is 13.0 Å². The van der Waals surface area contributed by atoms with E-state index in [0.717, 1.165) is 0 Å². The Balaban J connectivity index is 2.44. The number of nitro groups is 1. The van der Waals surface area contributed by atoms with Gasteiger partial charge >= 0.3 is 5.69 Å². The Bertz CT molecular complexity index is 663. The van der Waals surface area contributed by atoms with Crippen molar-refractivity contribution < 1.29 is 9.66 Å². The van der Waals surface area contributed by atoms with E-state index in [1.54, 1.807) is 20.0 Å². The molecule has 0 aliphatic heterocycles. The van der Waals surface area contributed by atoms with Crippen molar-refractivity contribution in [3.63, 3.8) is 0 Å². The number of hydrogen-bond donors (Lipinski definition) is 1. The van der Waals surface area contributed by atoms with Crippen molar-refractivity contribution in [2.45, 2.75) is 6.92 Å². The Morgan fingerprint density at radius 3 is 2.80 bits per heavy atom. The van der Waals surface area contributed by atoms with Gasteiger partial charge in [0, 0.05) is 23.2 Å². The second-order valence-corrected chi connectivity index (χ2v) is 4.84. The van der Waals surface area contributed by atoms with Crippen LogP contribution in [0.25, 0.3) is 0 Å². The first-order chi connectivity index (χ1) is 9.51. The lowest BCUT2D eigenvalue weighted by atomic mass is 10.2. The van der Waals surface area contributed by atoms with Crippen molar-refractivity contribution in [3.8, 4) is 11.6 Å². The molecule has 1 aromatic heterocycles. The van der Waals surface area contributed by atoms with Crippen LogP contribution in [0.2, 0.25) is 0 Å². The fourth-order valence-corrected chi connectivity index (χ4v) is 2.16. The Hall–Kier alpha value is -2.22. The first-order valence-electron chi connectivity index (χ1n) is 5.63. The molecule has 8 heteroatoms. The predicted molar refractivity (Wildman–Crippen MR) is 77.2 cm³/mol. The zero-order chi connectivity index (χ0) is 14.7. The van der Waals surface area contributed by atoms with E-state index < -0.39 is 4.92 Å². The number of hydrogen-bond acceptors (Lipinski definition) is 6. The number of aryl methyl sites for hydroxylation is 1. The number of anilines is 1. The molecule has 0 fully saturated rings. The van der Waals surface area contributed by atoms with Crippen molar-refractivity contribution in [2.75, 3.05) is 12.4 Å². The van der Waals surface area contributed by atoms with Crippen LogP contribution in [-0.2, 0) is 0 Å². The summed E-state index contributed by atoms with van der Waals surface area (Å²) in [5.41, 5.74) is 0.497. The van der Waals surface area contributed by atoms with E-state index in [2.05, 4.69) is 31.2 Å². The molecule has 1 heterocycles. The SMILES string of the molecule is CNc1cncc(Oc2c(C)cc(Br)cc2[N+](=O)[O-])n1. The lowest BCUT2D eigenvalue weighted by molar-refractivity contribution is -0.385. The van der Waals surface area contributed by atoms with Gasteiger partial charge < -0.3 is 10.1 Å². The van der Waals surface area contributed by atoms with Gasteiger partial charge in [0.25, 0.3) is 0 Å². The van der Waals surface area contributed by atoms with E-state index in [1.165, 1.54) is 18.5 Å². The highest BCUT2D eigenvalue weighted by molar-refractivity contribution is 9.10. The monoisotopic (exact) mass is 338 g/mol. The molecule has 104 valence electrons. The predicted octanol–water partition coefficient (Wildman–Crippen LogP) is 3.29. The summed E-state index contributed by atoms with van der Waals surface area (Å²) in [5, 5.41) is 13.9. The molecule has 0 aliphatic carbocycles. The zero-order valence-corrected chi connectivity index (χ0v) is 12.3. The van der Waals surface area contributed by atoms with Crippen LogP contribution in [-0.4, -0.2) is 21.9 Å². The summed E-state index contributed by atoms with van der Waals surface area (Å²) >= 11 is 3.23. The van der Waals surface area contributed by atoms with Crippen LogP contribution < -0.4 is 10.1 Å². The molecule has 2 rings (SSSR count). The summed E-state index contributed by atoms with van der Waals surface area (Å²) in [6.45, 7) is 1.72. The molecule has 0 amide bonds. The topological polar surface area (TPSA) is 90.2 Å². The van der Waals surface area contributed by atoms with Gasteiger partial charge in [0.1, 0.15) is 5.82 Å². The maximum atomic E-state index is 11.1. The van der Waals surface area contributed by atoms with Crippen LogP contribution in [0.1, 0.15) is 5.56 Å². The minimum absolute atomic E-state index is 0.131. The third kappa shape index (κ3) is 3.02. The van der Waals surface area contributed by atoms with E-state index in [1.807, 2.05) is 0 Å². The molecule has 0 spiro atoms. The molecule has 20 heavy (non-hydrogen) atoms. The summed E-state index contributed by atoms with van der Waals surface area (Å²) in [4.78, 5) is 18.7. The number of rotatable bonds is 4. The Morgan fingerprint density at radius 2 is 2.15 bits per heavy atom. The van der Waals surface area contributed by atoms with Crippen molar-refractivity contribution in [3.05, 3.63) is 44.7 Å². The number of halogens is 1. The normalized spacial score (nSPS) is 10.2. The molecule has 0 aliphatic rings. The highest BCUT2D eigenvalue weighted by Crippen LogP contribution is 2.36. The number of ether oxygens (including phenoxy) is 1. The zero-order valence-electron chi connectivity index (χ0n) is 10.8. The summed E-state index contributed by atoms with van der Waals surface area (Å²) in [6, 6.07) is 3.12. The second-order valence-electron chi connectivity index (χ2n) is 3.92. The van der Waals surface area contributed by atoms with E-state index >= 15 is 0 Å². The maximum absolute atomic E-state index is 11.1. The number of benzene rings is 1. The van der Waals surface area contributed by atoms with Gasteiger partial charge in [-0.15, -0.1) is 0 Å². The van der Waals surface area contributed by atoms with E-state index in [0.29, 0.717) is 15.9 Å². The molecule has 0 bridgehead atoms. The fourth-order valence-electron chi connectivity index (χ4n) is 1.60. The molecule has 7 nitrogen and oxygen atoms in total. The lowest BCUT2D eigenvalue weighted by Gasteiger charge is -2.09. The average Bonchev–Trinajstić information content (AvgIpc) is 2.41. The quantitative estimate of drug-likeness (QED) is 0.679. The minimum Gasteiger partial charge on any atom is -0.430 e. The van der Waals surface area contributed by atoms with Crippen LogP contribution >= 0.6 is 15.9 Å². The van der Waals surface area contributed by atoms with Gasteiger partial charge in [-0.3, -0.25) is 15.1 Å². The van der Waals surface area contributed by atoms with Gasteiger partial charge in [-0.2, -0.15) is 4.98 Å². The van der Waals surface area contributed by atoms with Gasteiger partial charge in [-0.25, -0.2) is 0 Å². The van der Waals surface area contributed by atoms with Crippen LogP contribution in [0.5, 0.6) is 11.6 Å². The molecular formula is C12H11BrN4O3. The van der Waals surface area contributed by atoms with E-state index in [4.69, 9.17) is 4.74 Å². The molecule has 0 atom stereocenters. The maximum Gasteiger partial charge on any atom is 0.313 e. The van der Waals surface area contributed by atoms with Gasteiger partial charge in [-0.1, -0.05) is 15.9 Å². The van der Waals surface area contributed by atoms with Crippen LogP contribution in [0.3, 0.4) is 0 Å². The number of nitrogens with zero attached hydrogens (tertiary/aromatic N) is 3. The Labute approximate surface area is 123 Å². The summed E-state index contributed by atoms with van der Waals surface area (Å²) in [5.74, 6) is 0.853. The highest BCUT2D eigenvalue weighted by Gasteiger charge is 2.20. The van der Waals surface area contributed by atoms with Gasteiger partial charge in [0.15, 0.2) is 0 Å². The summed E-state index contributed by atoms with van der Waals surface area (Å²) < 4.78 is 6.14. The third-order valence-electron chi connectivity index (χ3n) is 2.49. The number of aromatic nitrogens is 2. The molecule has 1 aromatic carbocycles. The van der Waals surface area contributed by atoms with E-state index in [-0.39, 0.29) is 17.3 Å². The van der Waals surface area contributed by atoms with Crippen LogP contribution in [0.15, 0.2) is 29.0 Å². The highest BCUT2D eigenvalue weighted by atomic mass is 79.9. The average molecular weight is 339 g/mol. The second kappa shape index (κ2) is 5.83. The van der Waals surface area contributed by atoms with Crippen molar-refractivity contribution in [1.29, 1.82) is 0 Å². The molecule has 0 unspecified atom stereocenters. The third-order valence-corrected chi connectivity index (χ3v) is 2.95.